The van der Waals surface area contributed by atoms with Crippen molar-refractivity contribution in [3.05, 3.63) is 72.6 Å². The molecule has 0 atom stereocenters. The van der Waals surface area contributed by atoms with Crippen molar-refractivity contribution >= 4 is 35.3 Å². The van der Waals surface area contributed by atoms with Crippen LogP contribution in [0.15, 0.2) is 72.0 Å². The number of aliphatic imine (C=N–C) groups is 1. The number of amidine groups is 1. The summed E-state index contributed by atoms with van der Waals surface area (Å²) in [5.41, 5.74) is 16.3. The van der Waals surface area contributed by atoms with Crippen molar-refractivity contribution in [3.63, 3.8) is 0 Å². The molecule has 2 heterocycles. The van der Waals surface area contributed by atoms with Gasteiger partial charge in [0.1, 0.15) is 11.7 Å². The first-order valence-corrected chi connectivity index (χ1v) is 10.5. The summed E-state index contributed by atoms with van der Waals surface area (Å²) in [5, 5.41) is 14.2. The van der Waals surface area contributed by atoms with Crippen molar-refractivity contribution in [1.29, 1.82) is 5.41 Å². The zero-order valence-corrected chi connectivity index (χ0v) is 19.4. The third-order valence-electron chi connectivity index (χ3n) is 5.14. The number of hydrogen-bond acceptors (Lipinski definition) is 6. The quantitative estimate of drug-likeness (QED) is 0.199. The SMILES string of the molecule is C=C(C)C(=O)Nc1ccc(-c2c(-c3ccc(N=C/C=C\N)nc3)c(C(=N)N)c(NC)n2C)cc1. The smallest absolute Gasteiger partial charge is 0.250 e. The minimum atomic E-state index is -0.237. The lowest BCUT2D eigenvalue weighted by atomic mass is 9.98. The van der Waals surface area contributed by atoms with Gasteiger partial charge in [0.15, 0.2) is 5.82 Å². The van der Waals surface area contributed by atoms with E-state index in [1.165, 1.54) is 6.20 Å². The Bertz CT molecular complexity index is 1280. The lowest BCUT2D eigenvalue weighted by Gasteiger charge is -2.11. The molecule has 2 aromatic heterocycles. The maximum absolute atomic E-state index is 11.9. The lowest BCUT2D eigenvalue weighted by molar-refractivity contribution is -0.112. The summed E-state index contributed by atoms with van der Waals surface area (Å²) in [4.78, 5) is 20.6. The Morgan fingerprint density at radius 2 is 1.88 bits per heavy atom. The van der Waals surface area contributed by atoms with Gasteiger partial charge in [0.25, 0.3) is 5.91 Å². The average molecular weight is 457 g/mol. The van der Waals surface area contributed by atoms with Gasteiger partial charge in [-0.3, -0.25) is 10.2 Å². The highest BCUT2D eigenvalue weighted by Crippen LogP contribution is 2.41. The Balaban J connectivity index is 2.14. The zero-order valence-electron chi connectivity index (χ0n) is 19.4. The normalized spacial score (nSPS) is 11.1. The van der Waals surface area contributed by atoms with Gasteiger partial charge >= 0.3 is 0 Å². The van der Waals surface area contributed by atoms with E-state index < -0.39 is 0 Å². The fourth-order valence-corrected chi connectivity index (χ4v) is 3.59. The number of nitrogens with two attached hydrogens (primary N) is 2. The third-order valence-corrected chi connectivity index (χ3v) is 5.14. The number of amides is 1. The molecule has 1 amide bonds. The molecule has 0 aliphatic rings. The second kappa shape index (κ2) is 10.3. The second-order valence-corrected chi connectivity index (χ2v) is 7.55. The molecule has 0 bridgehead atoms. The van der Waals surface area contributed by atoms with E-state index in [-0.39, 0.29) is 11.7 Å². The predicted molar refractivity (Wildman–Crippen MR) is 140 cm³/mol. The van der Waals surface area contributed by atoms with Gasteiger partial charge in [-0.25, -0.2) is 9.98 Å². The van der Waals surface area contributed by atoms with Crippen LogP contribution in [0, 0.1) is 5.41 Å². The van der Waals surface area contributed by atoms with Crippen molar-refractivity contribution < 1.29 is 4.79 Å². The van der Waals surface area contributed by atoms with Crippen LogP contribution in [0.2, 0.25) is 0 Å². The van der Waals surface area contributed by atoms with Gasteiger partial charge in [0, 0.05) is 48.9 Å². The minimum absolute atomic E-state index is 0.0678. The predicted octanol–water partition coefficient (Wildman–Crippen LogP) is 3.77. The Morgan fingerprint density at radius 3 is 2.41 bits per heavy atom. The molecule has 3 aromatic rings. The molecule has 0 unspecified atom stereocenters. The van der Waals surface area contributed by atoms with Gasteiger partial charge in [-0.05, 0) is 49.0 Å². The standard InChI is InChI=1S/C25H28N8O/c1-15(2)25(34)32-18-9-6-16(7-10-18)22-20(21(23(27)28)24(29-3)33(22)4)17-8-11-19(31-14-17)30-13-5-12-26/h5-14,29H,1,26H2,2-4H3,(H3,27,28)(H,32,34)/b12-5-,30-13?. The van der Waals surface area contributed by atoms with E-state index >= 15 is 0 Å². The molecule has 0 radical (unpaired) electrons. The maximum Gasteiger partial charge on any atom is 0.250 e. The van der Waals surface area contributed by atoms with Crippen LogP contribution in [-0.4, -0.2) is 34.6 Å². The van der Waals surface area contributed by atoms with Gasteiger partial charge in [-0.2, -0.15) is 0 Å². The van der Waals surface area contributed by atoms with Gasteiger partial charge in [0.2, 0.25) is 0 Å². The van der Waals surface area contributed by atoms with Crippen LogP contribution in [-0.2, 0) is 11.8 Å². The van der Waals surface area contributed by atoms with Crippen LogP contribution in [0.5, 0.6) is 0 Å². The van der Waals surface area contributed by atoms with E-state index in [0.29, 0.717) is 28.5 Å². The van der Waals surface area contributed by atoms with E-state index in [9.17, 15) is 4.79 Å². The highest BCUT2D eigenvalue weighted by Gasteiger charge is 2.25. The molecule has 3 rings (SSSR count). The summed E-state index contributed by atoms with van der Waals surface area (Å²) in [7, 11) is 3.69. The Labute approximate surface area is 198 Å². The fourth-order valence-electron chi connectivity index (χ4n) is 3.59. The average Bonchev–Trinajstić information content (AvgIpc) is 3.12. The molecule has 9 nitrogen and oxygen atoms in total. The molecule has 1 aromatic carbocycles. The van der Waals surface area contributed by atoms with E-state index in [2.05, 4.69) is 27.2 Å². The van der Waals surface area contributed by atoms with Gasteiger partial charge in [-0.1, -0.05) is 18.7 Å². The molecule has 0 saturated carbocycles. The van der Waals surface area contributed by atoms with Crippen LogP contribution >= 0.6 is 0 Å². The fraction of sp³-hybridized carbons (Fsp3) is 0.120. The van der Waals surface area contributed by atoms with Crippen LogP contribution < -0.4 is 22.1 Å². The highest BCUT2D eigenvalue weighted by molar-refractivity contribution is 6.10. The third kappa shape index (κ3) is 4.88. The first-order chi connectivity index (χ1) is 16.3. The first kappa shape index (κ1) is 24.0. The number of aromatic nitrogens is 2. The molecule has 0 spiro atoms. The second-order valence-electron chi connectivity index (χ2n) is 7.55. The molecule has 0 fully saturated rings. The topological polar surface area (TPSA) is 147 Å². The molecule has 9 heteroatoms. The van der Waals surface area contributed by atoms with Crippen molar-refractivity contribution in [2.24, 2.45) is 23.5 Å². The molecule has 34 heavy (non-hydrogen) atoms. The maximum atomic E-state index is 11.9. The van der Waals surface area contributed by atoms with Crippen molar-refractivity contribution in [3.8, 4) is 22.4 Å². The Hall–Kier alpha value is -4.66. The summed E-state index contributed by atoms with van der Waals surface area (Å²) in [5.74, 6) is 0.920. The lowest BCUT2D eigenvalue weighted by Crippen LogP contribution is -2.14. The van der Waals surface area contributed by atoms with Gasteiger partial charge in [-0.15, -0.1) is 0 Å². The van der Waals surface area contributed by atoms with Crippen molar-refractivity contribution in [1.82, 2.24) is 9.55 Å². The number of nitrogen functional groups attached to an aromatic ring is 1. The molecule has 7 N–H and O–H groups in total. The molecule has 0 saturated heterocycles. The first-order valence-electron chi connectivity index (χ1n) is 10.5. The molecule has 0 aliphatic heterocycles. The van der Waals surface area contributed by atoms with E-state index in [1.807, 2.05) is 41.9 Å². The molecular weight excluding hydrogens is 428 g/mol. The number of carbonyl (C=O) groups excluding carboxylic acids is 1. The summed E-state index contributed by atoms with van der Waals surface area (Å²) in [6.45, 7) is 5.32. The largest absolute Gasteiger partial charge is 0.405 e. The number of hydrogen-bond donors (Lipinski definition) is 5. The van der Waals surface area contributed by atoms with Crippen LogP contribution in [0.25, 0.3) is 22.4 Å². The molecule has 174 valence electrons. The minimum Gasteiger partial charge on any atom is -0.405 e. The number of rotatable bonds is 8. The summed E-state index contributed by atoms with van der Waals surface area (Å²) >= 11 is 0. The summed E-state index contributed by atoms with van der Waals surface area (Å²) in [6, 6.07) is 11.1. The van der Waals surface area contributed by atoms with Crippen molar-refractivity contribution in [2.75, 3.05) is 17.7 Å². The Kier molecular flexibility index (Phi) is 7.27. The number of pyridine rings is 1. The summed E-state index contributed by atoms with van der Waals surface area (Å²) in [6.07, 6.45) is 6.26. The number of nitrogens with zero attached hydrogens (tertiary/aromatic N) is 3. The van der Waals surface area contributed by atoms with E-state index in [4.69, 9.17) is 16.9 Å². The van der Waals surface area contributed by atoms with Gasteiger partial charge < -0.3 is 26.7 Å². The van der Waals surface area contributed by atoms with E-state index in [1.54, 1.807) is 38.5 Å². The highest BCUT2D eigenvalue weighted by atomic mass is 16.1. The van der Waals surface area contributed by atoms with E-state index in [0.717, 1.165) is 22.4 Å². The number of allylic oxidation sites excluding steroid dienone is 1. The van der Waals surface area contributed by atoms with Crippen LogP contribution in [0.1, 0.15) is 12.5 Å². The number of nitrogens with one attached hydrogen (secondary N) is 3. The number of anilines is 2. The molecule has 0 aliphatic carbocycles. The number of carbonyl (C=O) groups is 1. The van der Waals surface area contributed by atoms with Gasteiger partial charge in [0.05, 0.1) is 11.3 Å². The van der Waals surface area contributed by atoms with Crippen LogP contribution in [0.3, 0.4) is 0 Å². The number of benzene rings is 1. The Morgan fingerprint density at radius 1 is 1.21 bits per heavy atom. The summed E-state index contributed by atoms with van der Waals surface area (Å²) < 4.78 is 1.95. The zero-order chi connectivity index (χ0) is 24.8. The van der Waals surface area contributed by atoms with Crippen molar-refractivity contribution in [2.45, 2.75) is 6.92 Å². The van der Waals surface area contributed by atoms with Crippen LogP contribution in [0.4, 0.5) is 17.3 Å². The monoisotopic (exact) mass is 456 g/mol. The molecular formula is C25H28N8O.